The van der Waals surface area contributed by atoms with Crippen LogP contribution in [0.15, 0.2) is 22.9 Å². The van der Waals surface area contributed by atoms with Crippen molar-refractivity contribution in [3.8, 4) is 5.75 Å². The van der Waals surface area contributed by atoms with Crippen LogP contribution in [0, 0.1) is 13.8 Å². The molecule has 2 atom stereocenters. The summed E-state index contributed by atoms with van der Waals surface area (Å²) in [6, 6.07) is 3.83. The van der Waals surface area contributed by atoms with E-state index in [4.69, 9.17) is 9.72 Å². The van der Waals surface area contributed by atoms with Gasteiger partial charge in [0.2, 0.25) is 0 Å². The molecule has 3 aromatic rings. The molecule has 1 aliphatic rings. The lowest BCUT2D eigenvalue weighted by Gasteiger charge is -2.06. The number of aryl methyl sites for hydroxylation is 2. The second kappa shape index (κ2) is 5.26. The Hall–Kier alpha value is -2.02. The van der Waals surface area contributed by atoms with Gasteiger partial charge in [0, 0.05) is 18.0 Å². The van der Waals surface area contributed by atoms with Crippen molar-refractivity contribution in [3.63, 3.8) is 0 Å². The van der Waals surface area contributed by atoms with Gasteiger partial charge < -0.3 is 4.74 Å². The smallest absolute Gasteiger partial charge is 0.177 e. The average Bonchev–Trinajstić information content (AvgIpc) is 3.21. The number of ether oxygens (including phenoxy) is 1. The molecule has 0 N–H and O–H groups in total. The van der Waals surface area contributed by atoms with Crippen molar-refractivity contribution in [1.29, 1.82) is 0 Å². The fraction of sp³-hybridized carbons (Fsp3) is 0.375. The Kier molecular flexibility index (Phi) is 3.33. The van der Waals surface area contributed by atoms with Crippen LogP contribution in [0.25, 0.3) is 5.65 Å². The predicted octanol–water partition coefficient (Wildman–Crippen LogP) is 3.18. The van der Waals surface area contributed by atoms with Gasteiger partial charge in [-0.3, -0.25) is 4.98 Å². The van der Waals surface area contributed by atoms with Crippen molar-refractivity contribution in [2.24, 2.45) is 0 Å². The molecule has 4 rings (SSSR count). The highest BCUT2D eigenvalue weighted by Crippen LogP contribution is 2.55. The molecule has 1 saturated carbocycles. The normalized spacial score (nSPS) is 20.0. The SMILES string of the molecule is COc1ccc(Br)nc1C1CC1c1nc2c(C)ncc(C)n2n1. The van der Waals surface area contributed by atoms with Crippen LogP contribution in [0.2, 0.25) is 0 Å². The lowest BCUT2D eigenvalue weighted by Crippen LogP contribution is -1.98. The minimum Gasteiger partial charge on any atom is -0.495 e. The Morgan fingerprint density at radius 1 is 1.22 bits per heavy atom. The van der Waals surface area contributed by atoms with Crippen molar-refractivity contribution in [2.45, 2.75) is 32.1 Å². The van der Waals surface area contributed by atoms with E-state index < -0.39 is 0 Å². The van der Waals surface area contributed by atoms with Crippen molar-refractivity contribution in [3.05, 3.63) is 45.8 Å². The number of hydrogen-bond acceptors (Lipinski definition) is 5. The van der Waals surface area contributed by atoms with Gasteiger partial charge in [0.15, 0.2) is 11.5 Å². The lowest BCUT2D eigenvalue weighted by molar-refractivity contribution is 0.406. The van der Waals surface area contributed by atoms with Crippen molar-refractivity contribution in [1.82, 2.24) is 24.6 Å². The van der Waals surface area contributed by atoms with Crippen LogP contribution in [0.3, 0.4) is 0 Å². The number of nitrogens with zero attached hydrogens (tertiary/aromatic N) is 5. The third-order valence-electron chi connectivity index (χ3n) is 4.27. The molecule has 0 amide bonds. The number of hydrogen-bond donors (Lipinski definition) is 0. The van der Waals surface area contributed by atoms with Crippen molar-refractivity contribution < 1.29 is 4.74 Å². The Balaban J connectivity index is 1.71. The Morgan fingerprint density at radius 2 is 2.04 bits per heavy atom. The van der Waals surface area contributed by atoms with Crippen LogP contribution in [0.5, 0.6) is 5.75 Å². The highest BCUT2D eigenvalue weighted by atomic mass is 79.9. The second-order valence-electron chi connectivity index (χ2n) is 5.86. The maximum absolute atomic E-state index is 5.44. The molecule has 118 valence electrons. The van der Waals surface area contributed by atoms with Gasteiger partial charge in [0.1, 0.15) is 10.4 Å². The van der Waals surface area contributed by atoms with Crippen LogP contribution < -0.4 is 4.74 Å². The molecule has 0 saturated heterocycles. The highest BCUT2D eigenvalue weighted by Gasteiger charge is 2.45. The van der Waals surface area contributed by atoms with Gasteiger partial charge in [-0.2, -0.15) is 5.10 Å². The summed E-state index contributed by atoms with van der Waals surface area (Å²) in [5, 5.41) is 4.67. The van der Waals surface area contributed by atoms with Gasteiger partial charge in [-0.25, -0.2) is 14.5 Å². The minimum atomic E-state index is 0.282. The number of aromatic nitrogens is 5. The highest BCUT2D eigenvalue weighted by molar-refractivity contribution is 9.10. The van der Waals surface area contributed by atoms with Gasteiger partial charge in [0.05, 0.1) is 24.2 Å². The maximum atomic E-state index is 5.44. The summed E-state index contributed by atoms with van der Waals surface area (Å²) in [5.41, 5.74) is 3.68. The van der Waals surface area contributed by atoms with Gasteiger partial charge in [-0.05, 0) is 48.3 Å². The number of methoxy groups -OCH3 is 1. The first-order valence-electron chi connectivity index (χ1n) is 7.47. The number of pyridine rings is 1. The molecule has 1 aliphatic carbocycles. The molecule has 23 heavy (non-hydrogen) atoms. The summed E-state index contributed by atoms with van der Waals surface area (Å²) < 4.78 is 8.13. The lowest BCUT2D eigenvalue weighted by atomic mass is 10.2. The second-order valence-corrected chi connectivity index (χ2v) is 6.67. The summed E-state index contributed by atoms with van der Waals surface area (Å²) in [6.45, 7) is 3.94. The zero-order valence-corrected chi connectivity index (χ0v) is 14.7. The molecule has 0 aliphatic heterocycles. The Bertz CT molecular complexity index is 868. The molecule has 1 fully saturated rings. The number of rotatable bonds is 3. The standard InChI is InChI=1S/C16H16BrN5O/c1-8-7-18-9(2)16-20-15(21-22(8)16)11-6-10(11)14-12(23-3)4-5-13(17)19-14/h4-5,7,10-11H,6H2,1-3H3. The fourth-order valence-electron chi connectivity index (χ4n) is 2.93. The summed E-state index contributed by atoms with van der Waals surface area (Å²) >= 11 is 3.43. The first-order valence-corrected chi connectivity index (χ1v) is 8.27. The zero-order chi connectivity index (χ0) is 16.1. The van der Waals surface area contributed by atoms with E-state index in [1.165, 1.54) is 0 Å². The van der Waals surface area contributed by atoms with Gasteiger partial charge in [0.25, 0.3) is 0 Å². The quantitative estimate of drug-likeness (QED) is 0.659. The van der Waals surface area contributed by atoms with E-state index in [9.17, 15) is 0 Å². The molecule has 0 radical (unpaired) electrons. The van der Waals surface area contributed by atoms with E-state index in [0.717, 1.165) is 45.3 Å². The third kappa shape index (κ3) is 2.39. The van der Waals surface area contributed by atoms with Crippen LogP contribution in [0.1, 0.15) is 41.2 Å². The monoisotopic (exact) mass is 373 g/mol. The molecule has 7 heteroatoms. The molecule has 0 aromatic carbocycles. The third-order valence-corrected chi connectivity index (χ3v) is 4.71. The molecule has 3 aromatic heterocycles. The number of fused-ring (bicyclic) bond motifs is 1. The van der Waals surface area contributed by atoms with E-state index in [2.05, 4.69) is 31.0 Å². The molecule has 3 heterocycles. The molecule has 0 spiro atoms. The zero-order valence-electron chi connectivity index (χ0n) is 13.1. The Labute approximate surface area is 142 Å². The van der Waals surface area contributed by atoms with E-state index in [1.54, 1.807) is 7.11 Å². The number of halogens is 1. The van der Waals surface area contributed by atoms with E-state index in [-0.39, 0.29) is 5.92 Å². The molecule has 0 bridgehead atoms. The Morgan fingerprint density at radius 3 is 2.78 bits per heavy atom. The van der Waals surface area contributed by atoms with Gasteiger partial charge in [-0.1, -0.05) is 0 Å². The van der Waals surface area contributed by atoms with Crippen LogP contribution in [-0.4, -0.2) is 31.7 Å². The summed E-state index contributed by atoms with van der Waals surface area (Å²) in [5.74, 6) is 2.26. The summed E-state index contributed by atoms with van der Waals surface area (Å²) in [6.07, 6.45) is 2.81. The predicted molar refractivity (Wildman–Crippen MR) is 88.8 cm³/mol. The minimum absolute atomic E-state index is 0.282. The van der Waals surface area contributed by atoms with E-state index in [0.29, 0.717) is 5.92 Å². The first-order chi connectivity index (χ1) is 11.1. The maximum Gasteiger partial charge on any atom is 0.177 e. The van der Waals surface area contributed by atoms with E-state index in [1.807, 2.05) is 36.7 Å². The van der Waals surface area contributed by atoms with Crippen LogP contribution in [0.4, 0.5) is 0 Å². The molecular formula is C16H16BrN5O. The van der Waals surface area contributed by atoms with Crippen molar-refractivity contribution in [2.75, 3.05) is 7.11 Å². The first kappa shape index (κ1) is 14.6. The topological polar surface area (TPSA) is 65.2 Å². The molecule has 6 nitrogen and oxygen atoms in total. The van der Waals surface area contributed by atoms with Gasteiger partial charge in [-0.15, -0.1) is 0 Å². The van der Waals surface area contributed by atoms with Crippen LogP contribution >= 0.6 is 15.9 Å². The molecule has 2 unspecified atom stereocenters. The summed E-state index contributed by atoms with van der Waals surface area (Å²) in [4.78, 5) is 13.6. The largest absolute Gasteiger partial charge is 0.495 e. The summed E-state index contributed by atoms with van der Waals surface area (Å²) in [7, 11) is 1.67. The van der Waals surface area contributed by atoms with E-state index >= 15 is 0 Å². The molecular weight excluding hydrogens is 358 g/mol. The average molecular weight is 374 g/mol. The van der Waals surface area contributed by atoms with Crippen molar-refractivity contribution >= 4 is 21.6 Å². The fourth-order valence-corrected chi connectivity index (χ4v) is 3.25. The van der Waals surface area contributed by atoms with Gasteiger partial charge >= 0.3 is 0 Å². The van der Waals surface area contributed by atoms with Crippen LogP contribution in [-0.2, 0) is 0 Å².